The minimum Gasteiger partial charge on any atom is -0.368 e. The van der Waals surface area contributed by atoms with E-state index in [1.807, 2.05) is 30.3 Å². The molecule has 0 aliphatic heterocycles. The van der Waals surface area contributed by atoms with E-state index in [-0.39, 0.29) is 5.82 Å². The predicted molar refractivity (Wildman–Crippen MR) is 79.3 cm³/mol. The number of carbonyl (C=O) groups excluding carboxylic acids is 1. The van der Waals surface area contributed by atoms with Gasteiger partial charge in [0.15, 0.2) is 0 Å². The number of amides is 1. The van der Waals surface area contributed by atoms with Gasteiger partial charge in [-0.15, -0.1) is 0 Å². The number of primary amides is 1. The van der Waals surface area contributed by atoms with Gasteiger partial charge < -0.3 is 5.73 Å². The molecule has 0 fully saturated rings. The fourth-order valence-corrected chi connectivity index (χ4v) is 2.31. The first-order valence-corrected chi connectivity index (χ1v) is 6.89. The summed E-state index contributed by atoms with van der Waals surface area (Å²) in [7, 11) is 0. The van der Waals surface area contributed by atoms with Crippen LogP contribution in [0, 0.1) is 5.82 Å². The van der Waals surface area contributed by atoms with Crippen molar-refractivity contribution in [3.63, 3.8) is 0 Å². The molecule has 0 spiro atoms. The Balaban J connectivity index is 2.14. The van der Waals surface area contributed by atoms with Crippen LogP contribution < -0.4 is 11.1 Å². The van der Waals surface area contributed by atoms with Crippen molar-refractivity contribution in [1.29, 1.82) is 0 Å². The van der Waals surface area contributed by atoms with Crippen LogP contribution in [-0.2, 0) is 11.3 Å². The summed E-state index contributed by atoms with van der Waals surface area (Å²) in [6.45, 7) is 0.334. The van der Waals surface area contributed by atoms with E-state index in [4.69, 9.17) is 5.73 Å². The number of benzene rings is 2. The van der Waals surface area contributed by atoms with Crippen LogP contribution in [0.15, 0.2) is 53.0 Å². The van der Waals surface area contributed by atoms with Crippen molar-refractivity contribution in [2.45, 2.75) is 12.6 Å². The molecule has 104 valence electrons. The minimum atomic E-state index is -0.605. The number of nitrogens with two attached hydrogens (primary N) is 1. The molecule has 0 aliphatic carbocycles. The highest BCUT2D eigenvalue weighted by atomic mass is 79.9. The Morgan fingerprint density at radius 1 is 1.25 bits per heavy atom. The van der Waals surface area contributed by atoms with Crippen LogP contribution in [0.1, 0.15) is 17.2 Å². The third kappa shape index (κ3) is 3.65. The summed E-state index contributed by atoms with van der Waals surface area (Å²) in [4.78, 5) is 11.5. The van der Waals surface area contributed by atoms with E-state index in [0.29, 0.717) is 6.54 Å². The average molecular weight is 337 g/mol. The highest BCUT2D eigenvalue weighted by Gasteiger charge is 2.17. The fourth-order valence-electron chi connectivity index (χ4n) is 1.92. The van der Waals surface area contributed by atoms with Crippen molar-refractivity contribution in [2.24, 2.45) is 5.73 Å². The molecular weight excluding hydrogens is 323 g/mol. The van der Waals surface area contributed by atoms with Gasteiger partial charge in [0.1, 0.15) is 11.9 Å². The van der Waals surface area contributed by atoms with E-state index in [1.54, 1.807) is 6.07 Å². The van der Waals surface area contributed by atoms with Gasteiger partial charge in [-0.25, -0.2) is 4.39 Å². The summed E-state index contributed by atoms with van der Waals surface area (Å²) in [5.74, 6) is -0.788. The second kappa shape index (κ2) is 6.63. The van der Waals surface area contributed by atoms with Crippen LogP contribution in [0.25, 0.3) is 0 Å². The molecule has 2 aromatic rings. The van der Waals surface area contributed by atoms with Gasteiger partial charge in [-0.1, -0.05) is 46.3 Å². The lowest BCUT2D eigenvalue weighted by atomic mass is 10.1. The van der Waals surface area contributed by atoms with Gasteiger partial charge >= 0.3 is 0 Å². The van der Waals surface area contributed by atoms with E-state index in [0.717, 1.165) is 15.6 Å². The van der Waals surface area contributed by atoms with Crippen LogP contribution >= 0.6 is 15.9 Å². The van der Waals surface area contributed by atoms with Crippen molar-refractivity contribution in [3.05, 3.63) is 69.9 Å². The molecule has 0 radical (unpaired) electrons. The third-order valence-corrected chi connectivity index (χ3v) is 3.70. The predicted octanol–water partition coefficient (Wildman–Crippen LogP) is 2.90. The molecule has 0 saturated heterocycles. The molecule has 1 amide bonds. The first kappa shape index (κ1) is 14.7. The zero-order valence-electron chi connectivity index (χ0n) is 10.6. The summed E-state index contributed by atoms with van der Waals surface area (Å²) in [5.41, 5.74) is 6.93. The van der Waals surface area contributed by atoms with E-state index < -0.39 is 11.9 Å². The van der Waals surface area contributed by atoms with Crippen molar-refractivity contribution in [2.75, 3.05) is 0 Å². The Bertz CT molecular complexity index is 604. The highest BCUT2D eigenvalue weighted by Crippen LogP contribution is 2.19. The number of hydrogen-bond donors (Lipinski definition) is 2. The summed E-state index contributed by atoms with van der Waals surface area (Å²) < 4.78 is 14.0. The van der Waals surface area contributed by atoms with Gasteiger partial charge in [0, 0.05) is 11.0 Å². The molecule has 0 aromatic heterocycles. The smallest absolute Gasteiger partial charge is 0.239 e. The summed E-state index contributed by atoms with van der Waals surface area (Å²) in [6, 6.07) is 13.0. The van der Waals surface area contributed by atoms with Crippen LogP contribution in [0.4, 0.5) is 4.39 Å². The molecule has 3 N–H and O–H groups in total. The molecule has 0 aliphatic rings. The molecule has 1 atom stereocenters. The number of nitrogens with one attached hydrogen (secondary N) is 1. The van der Waals surface area contributed by atoms with E-state index in [9.17, 15) is 9.18 Å². The fraction of sp³-hybridized carbons (Fsp3) is 0.133. The van der Waals surface area contributed by atoms with Crippen LogP contribution in [0.3, 0.4) is 0 Å². The van der Waals surface area contributed by atoms with Gasteiger partial charge in [-0.3, -0.25) is 10.1 Å². The number of carbonyl (C=O) groups is 1. The average Bonchev–Trinajstić information content (AvgIpc) is 2.43. The van der Waals surface area contributed by atoms with Crippen molar-refractivity contribution >= 4 is 21.8 Å². The maximum atomic E-state index is 13.2. The molecule has 2 rings (SSSR count). The van der Waals surface area contributed by atoms with Crippen molar-refractivity contribution < 1.29 is 9.18 Å². The van der Waals surface area contributed by atoms with Crippen LogP contribution in [-0.4, -0.2) is 5.91 Å². The van der Waals surface area contributed by atoms with Crippen molar-refractivity contribution in [3.8, 4) is 0 Å². The van der Waals surface area contributed by atoms with Gasteiger partial charge in [0.25, 0.3) is 0 Å². The Hall–Kier alpha value is -1.72. The summed E-state index contributed by atoms with van der Waals surface area (Å²) >= 11 is 3.35. The van der Waals surface area contributed by atoms with Gasteiger partial charge in [0.2, 0.25) is 5.91 Å². The quantitative estimate of drug-likeness (QED) is 0.881. The first-order chi connectivity index (χ1) is 9.58. The Morgan fingerprint density at radius 2 is 1.95 bits per heavy atom. The Labute approximate surface area is 125 Å². The Kier molecular flexibility index (Phi) is 4.87. The number of rotatable bonds is 5. The second-order valence-electron chi connectivity index (χ2n) is 4.36. The SMILES string of the molecule is NC(=O)[C@H](NCc1cc(F)ccc1Br)c1ccccc1. The summed E-state index contributed by atoms with van der Waals surface area (Å²) in [6.07, 6.45) is 0. The molecule has 0 bridgehead atoms. The number of hydrogen-bond acceptors (Lipinski definition) is 2. The van der Waals surface area contributed by atoms with E-state index in [2.05, 4.69) is 21.2 Å². The largest absolute Gasteiger partial charge is 0.368 e. The lowest BCUT2D eigenvalue weighted by Gasteiger charge is -2.16. The molecule has 5 heteroatoms. The van der Waals surface area contributed by atoms with E-state index in [1.165, 1.54) is 12.1 Å². The first-order valence-electron chi connectivity index (χ1n) is 6.09. The lowest BCUT2D eigenvalue weighted by Crippen LogP contribution is -2.33. The highest BCUT2D eigenvalue weighted by molar-refractivity contribution is 9.10. The molecule has 0 unspecified atom stereocenters. The Morgan fingerprint density at radius 3 is 2.60 bits per heavy atom. The van der Waals surface area contributed by atoms with Gasteiger partial charge in [-0.05, 0) is 29.3 Å². The minimum absolute atomic E-state index is 0.319. The van der Waals surface area contributed by atoms with Gasteiger partial charge in [0.05, 0.1) is 0 Å². The van der Waals surface area contributed by atoms with Crippen molar-refractivity contribution in [1.82, 2.24) is 5.32 Å². The maximum absolute atomic E-state index is 13.2. The molecule has 2 aromatic carbocycles. The monoisotopic (exact) mass is 336 g/mol. The van der Waals surface area contributed by atoms with Crippen LogP contribution in [0.5, 0.6) is 0 Å². The maximum Gasteiger partial charge on any atom is 0.239 e. The second-order valence-corrected chi connectivity index (χ2v) is 5.22. The lowest BCUT2D eigenvalue weighted by molar-refractivity contribution is -0.120. The molecule has 0 saturated carbocycles. The van der Waals surface area contributed by atoms with Gasteiger partial charge in [-0.2, -0.15) is 0 Å². The van der Waals surface area contributed by atoms with Crippen LogP contribution in [0.2, 0.25) is 0 Å². The molecule has 3 nitrogen and oxygen atoms in total. The standard InChI is InChI=1S/C15H14BrFN2O/c16-13-7-6-12(17)8-11(13)9-19-14(15(18)20)10-4-2-1-3-5-10/h1-8,14,19H,9H2,(H2,18,20)/t14-/m1/s1. The molecule has 20 heavy (non-hydrogen) atoms. The third-order valence-electron chi connectivity index (χ3n) is 2.92. The molecular formula is C15H14BrFN2O. The zero-order chi connectivity index (χ0) is 14.5. The van der Waals surface area contributed by atoms with E-state index >= 15 is 0 Å². The topological polar surface area (TPSA) is 55.1 Å². The normalized spacial score (nSPS) is 12.1. The number of halogens is 2. The summed E-state index contributed by atoms with van der Waals surface area (Å²) in [5, 5.41) is 3.05. The molecule has 0 heterocycles. The zero-order valence-corrected chi connectivity index (χ0v) is 12.2.